The van der Waals surface area contributed by atoms with Gasteiger partial charge in [0, 0.05) is 0 Å². The van der Waals surface area contributed by atoms with E-state index in [0.29, 0.717) is 18.6 Å². The van der Waals surface area contributed by atoms with Gasteiger partial charge < -0.3 is 9.94 Å². The molecule has 1 aliphatic carbocycles. The number of oxime groups is 1. The average Bonchev–Trinajstić information content (AvgIpc) is 2.46. The highest BCUT2D eigenvalue weighted by Gasteiger charge is 2.18. The molecule has 2 rings (SSSR count). The Morgan fingerprint density at radius 1 is 1.21 bits per heavy atom. The minimum atomic E-state index is 0.301. The summed E-state index contributed by atoms with van der Waals surface area (Å²) < 4.78 is 5.93. The van der Waals surface area contributed by atoms with E-state index < -0.39 is 0 Å². The highest BCUT2D eigenvalue weighted by atomic mass is 16.5. The summed E-state index contributed by atoms with van der Waals surface area (Å²) >= 11 is 0. The van der Waals surface area contributed by atoms with Gasteiger partial charge in [-0.1, -0.05) is 43.3 Å². The minimum absolute atomic E-state index is 0.301. The van der Waals surface area contributed by atoms with Crippen molar-refractivity contribution in [3.63, 3.8) is 0 Å². The molecule has 0 aliphatic heterocycles. The Morgan fingerprint density at radius 3 is 2.37 bits per heavy atom. The fourth-order valence-electron chi connectivity index (χ4n) is 2.40. The zero-order chi connectivity index (χ0) is 13.7. The van der Waals surface area contributed by atoms with Crippen LogP contribution in [0.2, 0.25) is 0 Å². The lowest BCUT2D eigenvalue weighted by atomic mass is 9.96. The largest absolute Gasteiger partial charge is 0.411 e. The van der Waals surface area contributed by atoms with E-state index in [1.54, 1.807) is 0 Å². The van der Waals surface area contributed by atoms with Gasteiger partial charge in [-0.15, -0.1) is 0 Å². The van der Waals surface area contributed by atoms with Crippen LogP contribution in [0.4, 0.5) is 0 Å². The summed E-state index contributed by atoms with van der Waals surface area (Å²) in [6.45, 7) is 5.08. The van der Waals surface area contributed by atoms with Crippen LogP contribution in [-0.2, 0) is 11.3 Å². The van der Waals surface area contributed by atoms with Crippen molar-refractivity contribution in [3.05, 3.63) is 35.4 Å². The van der Waals surface area contributed by atoms with E-state index in [0.717, 1.165) is 31.4 Å². The van der Waals surface area contributed by atoms with Crippen LogP contribution in [0, 0.1) is 0 Å². The van der Waals surface area contributed by atoms with E-state index in [1.807, 2.05) is 0 Å². The number of benzene rings is 1. The third-order valence-corrected chi connectivity index (χ3v) is 3.78. The Balaban J connectivity index is 1.79. The molecule has 0 amide bonds. The van der Waals surface area contributed by atoms with E-state index in [-0.39, 0.29) is 0 Å². The van der Waals surface area contributed by atoms with Crippen molar-refractivity contribution in [2.75, 3.05) is 0 Å². The molecule has 1 N–H and O–H groups in total. The van der Waals surface area contributed by atoms with Crippen LogP contribution in [0.3, 0.4) is 0 Å². The zero-order valence-corrected chi connectivity index (χ0v) is 11.8. The van der Waals surface area contributed by atoms with Crippen LogP contribution in [-0.4, -0.2) is 17.0 Å². The summed E-state index contributed by atoms with van der Waals surface area (Å²) in [5.41, 5.74) is 3.50. The first kappa shape index (κ1) is 14.1. The van der Waals surface area contributed by atoms with Crippen molar-refractivity contribution in [3.8, 4) is 0 Å². The maximum Gasteiger partial charge on any atom is 0.0720 e. The predicted molar refractivity (Wildman–Crippen MR) is 76.8 cm³/mol. The van der Waals surface area contributed by atoms with Crippen LogP contribution in [0.5, 0.6) is 0 Å². The normalized spacial score (nSPS) is 19.7. The Bertz CT molecular complexity index is 413. The van der Waals surface area contributed by atoms with Gasteiger partial charge in [0.25, 0.3) is 0 Å². The molecule has 1 aromatic carbocycles. The molecule has 0 heterocycles. The highest BCUT2D eigenvalue weighted by Crippen LogP contribution is 2.21. The zero-order valence-electron chi connectivity index (χ0n) is 11.8. The predicted octanol–water partition coefficient (Wildman–Crippen LogP) is 4.10. The van der Waals surface area contributed by atoms with Gasteiger partial charge in [-0.2, -0.15) is 0 Å². The maximum atomic E-state index is 8.70. The molecule has 0 aromatic heterocycles. The Morgan fingerprint density at radius 2 is 1.84 bits per heavy atom. The second kappa shape index (κ2) is 6.71. The van der Waals surface area contributed by atoms with Crippen molar-refractivity contribution in [1.82, 2.24) is 0 Å². The van der Waals surface area contributed by atoms with Gasteiger partial charge in [0.1, 0.15) is 0 Å². The number of rotatable bonds is 4. The number of hydrogen-bond acceptors (Lipinski definition) is 3. The molecule has 0 saturated heterocycles. The standard InChI is InChI=1S/C16H23NO2/c1-12(2)14-5-3-13(4-6-14)11-19-16-9-7-15(17-18)8-10-16/h3-6,12,16,18H,7-11H2,1-2H3. The molecule has 0 radical (unpaired) electrons. The van der Waals surface area contributed by atoms with Crippen LogP contribution in [0.15, 0.2) is 29.4 Å². The summed E-state index contributed by atoms with van der Waals surface area (Å²) in [6, 6.07) is 8.67. The van der Waals surface area contributed by atoms with E-state index in [2.05, 4.69) is 43.3 Å². The van der Waals surface area contributed by atoms with Gasteiger partial charge in [-0.05, 0) is 42.7 Å². The van der Waals surface area contributed by atoms with Crippen molar-refractivity contribution in [1.29, 1.82) is 0 Å². The third-order valence-electron chi connectivity index (χ3n) is 3.78. The van der Waals surface area contributed by atoms with Crippen LogP contribution in [0.25, 0.3) is 0 Å². The lowest BCUT2D eigenvalue weighted by Crippen LogP contribution is -2.21. The minimum Gasteiger partial charge on any atom is -0.411 e. The quantitative estimate of drug-likeness (QED) is 0.655. The summed E-state index contributed by atoms with van der Waals surface area (Å²) in [7, 11) is 0. The highest BCUT2D eigenvalue weighted by molar-refractivity contribution is 5.84. The van der Waals surface area contributed by atoms with Crippen molar-refractivity contribution >= 4 is 5.71 Å². The molecular formula is C16H23NO2. The topological polar surface area (TPSA) is 41.8 Å². The monoisotopic (exact) mass is 261 g/mol. The van der Waals surface area contributed by atoms with Gasteiger partial charge in [0.05, 0.1) is 18.4 Å². The lowest BCUT2D eigenvalue weighted by molar-refractivity contribution is 0.0277. The first-order valence-corrected chi connectivity index (χ1v) is 7.09. The number of ether oxygens (including phenoxy) is 1. The molecule has 1 aliphatic rings. The molecule has 0 spiro atoms. The Labute approximate surface area is 115 Å². The summed E-state index contributed by atoms with van der Waals surface area (Å²) in [6.07, 6.45) is 3.93. The first-order valence-electron chi connectivity index (χ1n) is 7.09. The van der Waals surface area contributed by atoms with E-state index in [4.69, 9.17) is 9.94 Å². The molecule has 3 heteroatoms. The average molecular weight is 261 g/mol. The Kier molecular flexibility index (Phi) is 4.97. The van der Waals surface area contributed by atoms with Gasteiger partial charge in [-0.3, -0.25) is 0 Å². The summed E-state index contributed by atoms with van der Waals surface area (Å²) in [5, 5.41) is 12.0. The van der Waals surface area contributed by atoms with Gasteiger partial charge in [0.15, 0.2) is 0 Å². The summed E-state index contributed by atoms with van der Waals surface area (Å²) in [5.74, 6) is 0.574. The lowest BCUT2D eigenvalue weighted by Gasteiger charge is -2.22. The van der Waals surface area contributed by atoms with Gasteiger partial charge in [0.2, 0.25) is 0 Å². The molecule has 1 saturated carbocycles. The molecule has 1 fully saturated rings. The van der Waals surface area contributed by atoms with Crippen molar-refractivity contribution in [2.24, 2.45) is 5.16 Å². The first-order chi connectivity index (χ1) is 9.19. The van der Waals surface area contributed by atoms with Crippen LogP contribution < -0.4 is 0 Å². The van der Waals surface area contributed by atoms with E-state index in [9.17, 15) is 0 Å². The molecule has 0 unspecified atom stereocenters. The Hall–Kier alpha value is -1.35. The SMILES string of the molecule is CC(C)c1ccc(COC2CCC(=NO)CC2)cc1. The van der Waals surface area contributed by atoms with Crippen molar-refractivity contribution in [2.45, 2.75) is 58.2 Å². The molecule has 1 aromatic rings. The van der Waals surface area contributed by atoms with E-state index in [1.165, 1.54) is 11.1 Å². The molecule has 104 valence electrons. The fourth-order valence-corrected chi connectivity index (χ4v) is 2.40. The summed E-state index contributed by atoms with van der Waals surface area (Å²) in [4.78, 5) is 0. The number of hydrogen-bond donors (Lipinski definition) is 1. The smallest absolute Gasteiger partial charge is 0.0720 e. The van der Waals surface area contributed by atoms with E-state index >= 15 is 0 Å². The third kappa shape index (κ3) is 4.06. The van der Waals surface area contributed by atoms with Crippen LogP contribution >= 0.6 is 0 Å². The van der Waals surface area contributed by atoms with Crippen LogP contribution in [0.1, 0.15) is 56.6 Å². The van der Waals surface area contributed by atoms with Crippen molar-refractivity contribution < 1.29 is 9.94 Å². The molecule has 0 bridgehead atoms. The second-order valence-electron chi connectivity index (χ2n) is 5.57. The molecular weight excluding hydrogens is 238 g/mol. The molecule has 0 atom stereocenters. The second-order valence-corrected chi connectivity index (χ2v) is 5.57. The molecule has 3 nitrogen and oxygen atoms in total. The van der Waals surface area contributed by atoms with Gasteiger partial charge >= 0.3 is 0 Å². The maximum absolute atomic E-state index is 8.70. The van der Waals surface area contributed by atoms with Gasteiger partial charge in [-0.25, -0.2) is 0 Å². The fraction of sp³-hybridized carbons (Fsp3) is 0.562. The number of nitrogens with zero attached hydrogens (tertiary/aromatic N) is 1. The molecule has 19 heavy (non-hydrogen) atoms.